The predicted octanol–water partition coefficient (Wildman–Crippen LogP) is 6.28. The predicted molar refractivity (Wildman–Crippen MR) is 190 cm³/mol. The van der Waals surface area contributed by atoms with Crippen LogP contribution in [0.3, 0.4) is 0 Å². The molecule has 4 aliphatic rings. The van der Waals surface area contributed by atoms with E-state index in [4.69, 9.17) is 4.74 Å². The molecule has 3 fully saturated rings. The zero-order chi connectivity index (χ0) is 35.4. The summed E-state index contributed by atoms with van der Waals surface area (Å²) in [6.45, 7) is 4.32. The minimum Gasteiger partial charge on any atom is -0.508 e. The molecule has 0 radical (unpaired) electrons. The summed E-state index contributed by atoms with van der Waals surface area (Å²) in [7, 11) is 0. The molecular formula is C42H39N3O6. The maximum Gasteiger partial charge on any atom is 0.260 e. The van der Waals surface area contributed by atoms with E-state index in [0.717, 1.165) is 21.7 Å². The van der Waals surface area contributed by atoms with Gasteiger partial charge in [0, 0.05) is 24.1 Å². The van der Waals surface area contributed by atoms with Gasteiger partial charge in [-0.2, -0.15) is 5.01 Å². The van der Waals surface area contributed by atoms with Crippen molar-refractivity contribution in [3.05, 3.63) is 137 Å². The highest BCUT2D eigenvalue weighted by Gasteiger charge is 2.70. The quantitative estimate of drug-likeness (QED) is 0.166. The Morgan fingerprint density at radius 1 is 0.843 bits per heavy atom. The van der Waals surface area contributed by atoms with Gasteiger partial charge in [-0.1, -0.05) is 96.1 Å². The van der Waals surface area contributed by atoms with Gasteiger partial charge in [0.1, 0.15) is 18.1 Å². The fraction of sp³-hybridized carbons (Fsp3) is 0.286. The average molecular weight is 682 g/mol. The normalized spacial score (nSPS) is 26.8. The number of aromatic hydroxyl groups is 1. The number of phenolic OH excluding ortho intramolecular Hbond substituents is 1. The molecule has 0 bridgehead atoms. The number of carbonyl (C=O) groups excluding carboxylic acids is 4. The Bertz CT molecular complexity index is 2060. The summed E-state index contributed by atoms with van der Waals surface area (Å²) in [4.78, 5) is 58.7. The van der Waals surface area contributed by atoms with E-state index in [1.54, 1.807) is 25.1 Å². The van der Waals surface area contributed by atoms with Crippen LogP contribution in [0.25, 0.3) is 0 Å². The third kappa shape index (κ3) is 5.05. The summed E-state index contributed by atoms with van der Waals surface area (Å²) in [6, 6.07) is 31.5. The number of hydrazine groups is 1. The highest BCUT2D eigenvalue weighted by atomic mass is 16.5. The van der Waals surface area contributed by atoms with Gasteiger partial charge in [0.2, 0.25) is 11.8 Å². The number of fused-ring (bicyclic) bond motifs is 4. The average Bonchev–Trinajstić information content (AvgIpc) is 3.53. The molecule has 51 heavy (non-hydrogen) atoms. The van der Waals surface area contributed by atoms with E-state index >= 15 is 4.79 Å². The molecule has 6 atom stereocenters. The van der Waals surface area contributed by atoms with Crippen LogP contribution in [-0.4, -0.2) is 45.2 Å². The lowest BCUT2D eigenvalue weighted by atomic mass is 9.49. The number of aryl methyl sites for hydroxylation is 1. The number of allylic oxidation sites excluding steroid dienone is 2. The zero-order valence-electron chi connectivity index (χ0n) is 28.5. The number of nitrogens with one attached hydrogen (secondary N) is 1. The van der Waals surface area contributed by atoms with E-state index in [1.165, 1.54) is 4.90 Å². The third-order valence-corrected chi connectivity index (χ3v) is 11.4. The van der Waals surface area contributed by atoms with Crippen LogP contribution in [-0.2, 0) is 31.2 Å². The van der Waals surface area contributed by atoms with Crippen molar-refractivity contribution < 1.29 is 29.0 Å². The van der Waals surface area contributed by atoms with E-state index < -0.39 is 46.8 Å². The summed E-state index contributed by atoms with van der Waals surface area (Å²) in [5.74, 6) is -4.35. The molecular weight excluding hydrogens is 642 g/mol. The Morgan fingerprint density at radius 2 is 1.55 bits per heavy atom. The molecule has 4 aromatic rings. The lowest BCUT2D eigenvalue weighted by Crippen LogP contribution is -2.53. The molecule has 8 rings (SSSR count). The van der Waals surface area contributed by atoms with Crippen LogP contribution in [0.4, 0.5) is 5.69 Å². The summed E-state index contributed by atoms with van der Waals surface area (Å²) in [5, 5.41) is 13.0. The Balaban J connectivity index is 1.29. The molecule has 4 aromatic carbocycles. The number of rotatable bonds is 8. The van der Waals surface area contributed by atoms with Gasteiger partial charge < -0.3 is 9.84 Å². The molecule has 0 aromatic heterocycles. The Hall–Kier alpha value is -5.70. The van der Waals surface area contributed by atoms with Crippen LogP contribution in [0, 0.1) is 30.6 Å². The van der Waals surface area contributed by atoms with E-state index in [2.05, 4.69) is 5.43 Å². The van der Waals surface area contributed by atoms with Gasteiger partial charge >= 0.3 is 0 Å². The van der Waals surface area contributed by atoms with Gasteiger partial charge in [-0.3, -0.25) is 29.5 Å². The molecule has 2 N–H and O–H groups in total. The summed E-state index contributed by atoms with van der Waals surface area (Å²) >= 11 is 0. The van der Waals surface area contributed by atoms with Crippen LogP contribution in [0.5, 0.6) is 11.5 Å². The number of benzene rings is 4. The number of nitrogens with zero attached hydrogens (tertiary/aromatic N) is 2. The number of amides is 4. The monoisotopic (exact) mass is 681 g/mol. The molecule has 2 aliphatic heterocycles. The number of hydrogen-bond acceptors (Lipinski definition) is 7. The van der Waals surface area contributed by atoms with Crippen molar-refractivity contribution in [2.24, 2.45) is 23.7 Å². The minimum absolute atomic E-state index is 0.0857. The molecule has 2 saturated heterocycles. The summed E-state index contributed by atoms with van der Waals surface area (Å²) in [5.41, 5.74) is 6.11. The number of likely N-dealkylation sites (tertiary alicyclic amines) is 1. The van der Waals surface area contributed by atoms with E-state index in [9.17, 15) is 19.5 Å². The van der Waals surface area contributed by atoms with E-state index in [1.807, 2.05) is 97.9 Å². The first-order chi connectivity index (χ1) is 24.7. The molecule has 0 spiro atoms. The number of carbonyl (C=O) groups is 4. The molecule has 258 valence electrons. The van der Waals surface area contributed by atoms with E-state index in [0.29, 0.717) is 35.6 Å². The van der Waals surface area contributed by atoms with Crippen LogP contribution in [0.1, 0.15) is 47.9 Å². The first-order valence-corrected chi connectivity index (χ1v) is 17.6. The van der Waals surface area contributed by atoms with Crippen LogP contribution in [0.2, 0.25) is 0 Å². The largest absolute Gasteiger partial charge is 0.508 e. The lowest BCUT2D eigenvalue weighted by Gasteiger charge is -2.50. The molecule has 9 nitrogen and oxygen atoms in total. The Labute approximate surface area is 296 Å². The second-order valence-corrected chi connectivity index (χ2v) is 14.0. The maximum atomic E-state index is 15.3. The summed E-state index contributed by atoms with van der Waals surface area (Å²) < 4.78 is 6.05. The molecule has 1 saturated carbocycles. The van der Waals surface area contributed by atoms with Gasteiger partial charge in [0.15, 0.2) is 0 Å². The highest BCUT2D eigenvalue weighted by molar-refractivity contribution is 6.13. The SMILES string of the molecule is CCN1C(=O)[C@H]2[C@H](CC=C3[C@H]2C[C@H]2C(=O)N(Nc4ccc(C)cc4)C(=O)[C@@]2(c2ccccc2)[C@H]3c2ccc(OCc3ccccc3)cc2O)C1=O. The van der Waals surface area contributed by atoms with Gasteiger partial charge in [-0.15, -0.1) is 0 Å². The van der Waals surface area contributed by atoms with Crippen LogP contribution in [0.15, 0.2) is 115 Å². The second-order valence-electron chi connectivity index (χ2n) is 14.0. The van der Waals surface area contributed by atoms with E-state index in [-0.39, 0.29) is 30.5 Å². The zero-order valence-corrected chi connectivity index (χ0v) is 28.5. The van der Waals surface area contributed by atoms with Crippen LogP contribution < -0.4 is 10.2 Å². The van der Waals surface area contributed by atoms with Crippen molar-refractivity contribution >= 4 is 29.3 Å². The fourth-order valence-corrected chi connectivity index (χ4v) is 9.07. The molecule has 2 aliphatic carbocycles. The number of imide groups is 2. The van der Waals surface area contributed by atoms with Crippen molar-refractivity contribution in [2.45, 2.75) is 44.6 Å². The van der Waals surface area contributed by atoms with Gasteiger partial charge in [0.05, 0.1) is 28.9 Å². The van der Waals surface area contributed by atoms with Gasteiger partial charge in [0.25, 0.3) is 11.8 Å². The topological polar surface area (TPSA) is 116 Å². The smallest absolute Gasteiger partial charge is 0.260 e. The Morgan fingerprint density at radius 3 is 2.24 bits per heavy atom. The number of phenols is 1. The fourth-order valence-electron chi connectivity index (χ4n) is 9.07. The van der Waals surface area contributed by atoms with Crippen molar-refractivity contribution in [1.29, 1.82) is 0 Å². The first-order valence-electron chi connectivity index (χ1n) is 17.6. The van der Waals surface area contributed by atoms with Crippen molar-refractivity contribution in [1.82, 2.24) is 9.91 Å². The standard InChI is InChI=1S/C42H39N3O6/c1-3-44-38(47)32-21-20-30-33(36(32)40(44)49)23-34-39(48)45(43-28-16-14-25(2)15-17-28)41(50)42(34,27-12-8-5-9-13-27)37(30)31-19-18-29(22-35(31)46)51-24-26-10-6-4-7-11-26/h4-20,22,32-34,36-37,43,46H,3,21,23-24H2,1-2H3/t32-,33+,34-,36-,37+,42+/m0/s1. The molecule has 9 heteroatoms. The molecule has 2 heterocycles. The highest BCUT2D eigenvalue weighted by Crippen LogP contribution is 2.65. The van der Waals surface area contributed by atoms with Crippen molar-refractivity contribution in [3.8, 4) is 11.5 Å². The maximum absolute atomic E-state index is 15.3. The number of anilines is 1. The number of hydrogen-bond donors (Lipinski definition) is 2. The van der Waals surface area contributed by atoms with Crippen molar-refractivity contribution in [2.75, 3.05) is 12.0 Å². The van der Waals surface area contributed by atoms with Gasteiger partial charge in [-0.05, 0) is 61.9 Å². The molecule has 0 unspecified atom stereocenters. The minimum atomic E-state index is -1.47. The second kappa shape index (κ2) is 12.6. The van der Waals surface area contributed by atoms with Crippen molar-refractivity contribution in [3.63, 3.8) is 0 Å². The van der Waals surface area contributed by atoms with Crippen LogP contribution >= 0.6 is 0 Å². The first kappa shape index (κ1) is 32.5. The Kier molecular flexibility index (Phi) is 8.01. The number of ether oxygens (including phenoxy) is 1. The molecule has 4 amide bonds. The van der Waals surface area contributed by atoms with Gasteiger partial charge in [-0.25, -0.2) is 0 Å². The lowest BCUT2D eigenvalue weighted by molar-refractivity contribution is -0.141. The summed E-state index contributed by atoms with van der Waals surface area (Å²) in [6.07, 6.45) is 2.52. The third-order valence-electron chi connectivity index (χ3n) is 11.4.